The number of ether oxygens (including phenoxy) is 2. The zero-order chi connectivity index (χ0) is 21.8. The molecule has 0 N–H and O–H groups in total. The Morgan fingerprint density at radius 2 is 2.00 bits per heavy atom. The molecule has 2 heterocycles. The third kappa shape index (κ3) is 8.63. The van der Waals surface area contributed by atoms with Crippen molar-refractivity contribution in [2.24, 2.45) is 0 Å². The van der Waals surface area contributed by atoms with Gasteiger partial charge in [0.25, 0.3) is 0 Å². The number of rotatable bonds is 7. The van der Waals surface area contributed by atoms with Crippen LogP contribution in [0.3, 0.4) is 0 Å². The number of nitrogens with zero attached hydrogens (tertiary/aromatic N) is 4. The van der Waals surface area contributed by atoms with E-state index in [-0.39, 0.29) is 12.1 Å². The molecule has 1 aromatic heterocycles. The van der Waals surface area contributed by atoms with Crippen LogP contribution < -0.4 is 0 Å². The summed E-state index contributed by atoms with van der Waals surface area (Å²) < 4.78 is 14.2. The van der Waals surface area contributed by atoms with E-state index in [1.807, 2.05) is 30.4 Å². The Morgan fingerprint density at radius 3 is 2.59 bits per heavy atom. The van der Waals surface area contributed by atoms with Gasteiger partial charge in [0, 0.05) is 49.7 Å². The lowest BCUT2D eigenvalue weighted by molar-refractivity contribution is 0.000519. The van der Waals surface area contributed by atoms with Crippen LogP contribution in [0.5, 0.6) is 0 Å². The Labute approximate surface area is 190 Å². The molecule has 168 valence electrons. The molecule has 0 aromatic carbocycles. The number of halogens is 1. The van der Waals surface area contributed by atoms with Gasteiger partial charge in [0.1, 0.15) is 16.0 Å². The fraction of sp³-hybridized carbons (Fsp3) is 0.800. The monoisotopic (exact) mass is 540 g/mol. The van der Waals surface area contributed by atoms with Crippen molar-refractivity contribution in [2.45, 2.75) is 52.6 Å². The number of aromatic nitrogens is 2. The van der Waals surface area contributed by atoms with E-state index in [4.69, 9.17) is 9.47 Å². The molecule has 0 radical (unpaired) electrons. The topological polar surface area (TPSA) is 59.8 Å². The minimum Gasteiger partial charge on any atom is -0.444 e. The standard InChI is InChI=1S/C20H37IN4O3S/c1-16-12-23(8-9-25(16)19(26)28-20(2,3)4)13-17-14-24(22-18(17)21)15-27-10-11-29(5,6)7/h14,16H,8-13,15H2,1-7H3/t16-/m1/s1. The highest BCUT2D eigenvalue weighted by molar-refractivity contribution is 14.1. The van der Waals surface area contributed by atoms with Crippen LogP contribution in [0.4, 0.5) is 4.79 Å². The van der Waals surface area contributed by atoms with Crippen molar-refractivity contribution >= 4 is 38.7 Å². The van der Waals surface area contributed by atoms with E-state index >= 15 is 0 Å². The third-order valence-electron chi connectivity index (χ3n) is 4.58. The van der Waals surface area contributed by atoms with E-state index in [1.165, 1.54) is 5.56 Å². The van der Waals surface area contributed by atoms with E-state index in [1.54, 1.807) is 0 Å². The van der Waals surface area contributed by atoms with E-state index in [0.29, 0.717) is 13.3 Å². The van der Waals surface area contributed by atoms with Crippen molar-refractivity contribution in [3.8, 4) is 0 Å². The minimum atomic E-state index is -0.527. The average molecular weight is 541 g/mol. The lowest BCUT2D eigenvalue weighted by Crippen LogP contribution is -2.54. The molecule has 1 fully saturated rings. The van der Waals surface area contributed by atoms with Crippen LogP contribution in [-0.4, -0.2) is 88.1 Å². The van der Waals surface area contributed by atoms with Crippen molar-refractivity contribution < 1.29 is 14.3 Å². The van der Waals surface area contributed by atoms with Crippen molar-refractivity contribution in [3.05, 3.63) is 15.5 Å². The number of piperazine rings is 1. The fourth-order valence-corrected chi connectivity index (χ4v) is 4.29. The predicted molar refractivity (Wildman–Crippen MR) is 129 cm³/mol. The SMILES string of the molecule is C[C@@H]1CN(Cc2cn(COCCS(C)(C)C)nc2I)CCN1C(=O)OC(C)(C)C. The normalized spacial score (nSPS) is 19.4. The van der Waals surface area contributed by atoms with Crippen LogP contribution in [0.15, 0.2) is 6.20 Å². The van der Waals surface area contributed by atoms with Gasteiger partial charge in [-0.05, 0) is 69.1 Å². The largest absolute Gasteiger partial charge is 0.444 e. The minimum absolute atomic E-state index is 0.120. The number of carbonyl (C=O) groups is 1. The fourth-order valence-electron chi connectivity index (χ4n) is 3.09. The quantitative estimate of drug-likeness (QED) is 0.391. The van der Waals surface area contributed by atoms with Crippen molar-refractivity contribution in [1.29, 1.82) is 0 Å². The maximum Gasteiger partial charge on any atom is 0.410 e. The molecule has 1 atom stereocenters. The first-order valence-electron chi connectivity index (χ1n) is 10.0. The van der Waals surface area contributed by atoms with E-state index in [0.717, 1.165) is 35.7 Å². The third-order valence-corrected chi connectivity index (χ3v) is 6.88. The first-order valence-corrected chi connectivity index (χ1v) is 14.1. The van der Waals surface area contributed by atoms with Crippen LogP contribution in [0.25, 0.3) is 0 Å². The Kier molecular flexibility index (Phi) is 8.70. The summed E-state index contributed by atoms with van der Waals surface area (Å²) in [6, 6.07) is 0.120. The molecule has 0 bridgehead atoms. The van der Waals surface area contributed by atoms with Gasteiger partial charge in [-0.3, -0.25) is 4.90 Å². The van der Waals surface area contributed by atoms with Gasteiger partial charge < -0.3 is 14.4 Å². The lowest BCUT2D eigenvalue weighted by Gasteiger charge is -2.40. The van der Waals surface area contributed by atoms with Crippen molar-refractivity contribution in [3.63, 3.8) is 0 Å². The Hall–Kier alpha value is -0.520. The van der Waals surface area contributed by atoms with Crippen molar-refractivity contribution in [2.75, 3.05) is 50.8 Å². The molecule has 1 saturated heterocycles. The van der Waals surface area contributed by atoms with Gasteiger partial charge in [0.15, 0.2) is 0 Å². The summed E-state index contributed by atoms with van der Waals surface area (Å²) in [5.74, 6) is 1.11. The maximum atomic E-state index is 12.4. The molecule has 7 nitrogen and oxygen atoms in total. The highest BCUT2D eigenvalue weighted by Crippen LogP contribution is 2.33. The lowest BCUT2D eigenvalue weighted by atomic mass is 10.1. The second-order valence-electron chi connectivity index (χ2n) is 9.57. The Morgan fingerprint density at radius 1 is 1.31 bits per heavy atom. The van der Waals surface area contributed by atoms with Gasteiger partial charge in [-0.1, -0.05) is 0 Å². The van der Waals surface area contributed by atoms with Crippen LogP contribution in [-0.2, 0) is 22.7 Å². The first-order chi connectivity index (χ1) is 13.3. The van der Waals surface area contributed by atoms with Crippen LogP contribution in [0, 0.1) is 3.70 Å². The maximum absolute atomic E-state index is 12.4. The predicted octanol–water partition coefficient (Wildman–Crippen LogP) is 3.60. The zero-order valence-electron chi connectivity index (χ0n) is 18.9. The zero-order valence-corrected chi connectivity index (χ0v) is 21.9. The molecule has 0 aliphatic carbocycles. The summed E-state index contributed by atoms with van der Waals surface area (Å²) >= 11 is 2.29. The molecule has 0 saturated carbocycles. The summed E-state index contributed by atoms with van der Waals surface area (Å²) in [7, 11) is -0.527. The van der Waals surface area contributed by atoms with Gasteiger partial charge in [0.05, 0.1) is 6.61 Å². The second kappa shape index (κ2) is 10.2. The van der Waals surface area contributed by atoms with Gasteiger partial charge in [0.2, 0.25) is 0 Å². The van der Waals surface area contributed by atoms with Gasteiger partial charge in [-0.25, -0.2) is 19.5 Å². The average Bonchev–Trinajstić information content (AvgIpc) is 2.89. The number of carbonyl (C=O) groups excluding carboxylic acids is 1. The molecule has 0 spiro atoms. The van der Waals surface area contributed by atoms with Crippen molar-refractivity contribution in [1.82, 2.24) is 19.6 Å². The molecular weight excluding hydrogens is 503 g/mol. The molecular formula is C20H37IN4O3S. The molecule has 0 unspecified atom stereocenters. The van der Waals surface area contributed by atoms with Gasteiger partial charge in [-0.15, -0.1) is 0 Å². The van der Waals surface area contributed by atoms with Crippen LogP contribution in [0.1, 0.15) is 33.3 Å². The summed E-state index contributed by atoms with van der Waals surface area (Å²) in [6.07, 6.45) is 8.76. The van der Waals surface area contributed by atoms with E-state index in [9.17, 15) is 4.79 Å². The van der Waals surface area contributed by atoms with Crippen LogP contribution in [0.2, 0.25) is 0 Å². The number of amides is 1. The van der Waals surface area contributed by atoms with E-state index < -0.39 is 15.6 Å². The molecule has 1 aliphatic heterocycles. The molecule has 1 amide bonds. The molecule has 29 heavy (non-hydrogen) atoms. The first kappa shape index (κ1) is 24.7. The van der Waals surface area contributed by atoms with Crippen LogP contribution >= 0.6 is 32.6 Å². The highest BCUT2D eigenvalue weighted by Gasteiger charge is 2.31. The summed E-state index contributed by atoms with van der Waals surface area (Å²) in [6.45, 7) is 12.2. The molecule has 1 aliphatic rings. The second-order valence-corrected chi connectivity index (χ2v) is 15.2. The Balaban J connectivity index is 1.84. The van der Waals surface area contributed by atoms with Gasteiger partial charge in [-0.2, -0.15) is 5.10 Å². The summed E-state index contributed by atoms with van der Waals surface area (Å²) in [4.78, 5) is 16.6. The smallest absolute Gasteiger partial charge is 0.410 e. The highest BCUT2D eigenvalue weighted by atomic mass is 127. The Bertz CT molecular complexity index is 684. The molecule has 2 rings (SSSR count). The van der Waals surface area contributed by atoms with Gasteiger partial charge >= 0.3 is 6.09 Å². The summed E-state index contributed by atoms with van der Waals surface area (Å²) in [5.41, 5.74) is 0.739. The summed E-state index contributed by atoms with van der Waals surface area (Å²) in [5, 5.41) is 4.59. The number of hydrogen-bond acceptors (Lipinski definition) is 5. The molecule has 1 aromatic rings. The number of hydrogen-bond donors (Lipinski definition) is 0. The molecule has 9 heteroatoms. The van der Waals surface area contributed by atoms with E-state index in [2.05, 4.69) is 64.5 Å².